The van der Waals surface area contributed by atoms with Gasteiger partial charge in [0.05, 0.1) is 12.1 Å². The zero-order chi connectivity index (χ0) is 19.8. The maximum absolute atomic E-state index is 11.2. The van der Waals surface area contributed by atoms with Crippen LogP contribution in [0.3, 0.4) is 0 Å². The zero-order valence-corrected chi connectivity index (χ0v) is 15.9. The number of rotatable bonds is 5. The van der Waals surface area contributed by atoms with E-state index in [4.69, 9.17) is 20.2 Å². The van der Waals surface area contributed by atoms with Crippen molar-refractivity contribution in [3.05, 3.63) is 24.8 Å². The Bertz CT molecular complexity index is 1020. The number of hydrogen-bond acceptors (Lipinski definition) is 7. The lowest BCUT2D eigenvalue weighted by Crippen LogP contribution is -2.30. The van der Waals surface area contributed by atoms with E-state index < -0.39 is 12.0 Å². The Hall–Kier alpha value is -3.43. The van der Waals surface area contributed by atoms with Crippen LogP contribution in [0.15, 0.2) is 24.8 Å². The predicted octanol–water partition coefficient (Wildman–Crippen LogP) is 1.43. The molecule has 4 rings (SSSR count). The van der Waals surface area contributed by atoms with Crippen molar-refractivity contribution in [2.75, 3.05) is 6.61 Å². The molecule has 1 amide bonds. The van der Waals surface area contributed by atoms with Crippen LogP contribution in [-0.4, -0.2) is 47.9 Å². The first kappa shape index (κ1) is 18.0. The number of fused-ring (bicyclic) bond motifs is 3. The number of primary amides is 1. The van der Waals surface area contributed by atoms with Crippen LogP contribution in [-0.2, 0) is 11.3 Å². The minimum absolute atomic E-state index is 0.170. The Kier molecular flexibility index (Phi) is 4.46. The third-order valence-electron chi connectivity index (χ3n) is 4.44. The first-order valence-corrected chi connectivity index (χ1v) is 9.00. The topological polar surface area (TPSA) is 123 Å². The molecule has 3 aromatic heterocycles. The molecule has 10 heteroatoms. The smallest absolute Gasteiger partial charge is 0.258 e. The van der Waals surface area contributed by atoms with Crippen LogP contribution >= 0.6 is 0 Å². The van der Waals surface area contributed by atoms with Gasteiger partial charge in [0.25, 0.3) is 5.91 Å². The predicted molar refractivity (Wildman–Crippen MR) is 99.6 cm³/mol. The number of pyridine rings is 1. The quantitative estimate of drug-likeness (QED) is 0.707. The van der Waals surface area contributed by atoms with Gasteiger partial charge in [-0.3, -0.25) is 4.79 Å². The minimum atomic E-state index is -0.785. The molecule has 10 nitrogen and oxygen atoms in total. The molecule has 28 heavy (non-hydrogen) atoms. The van der Waals surface area contributed by atoms with Crippen molar-refractivity contribution >= 4 is 5.91 Å². The lowest BCUT2D eigenvalue weighted by Gasteiger charge is -2.12. The fraction of sp³-hybridized carbons (Fsp3) is 0.389. The first-order chi connectivity index (χ1) is 13.4. The molecule has 1 aliphatic heterocycles. The molecule has 1 aliphatic rings. The Morgan fingerprint density at radius 1 is 1.29 bits per heavy atom. The van der Waals surface area contributed by atoms with E-state index in [0.29, 0.717) is 24.7 Å². The monoisotopic (exact) mass is 383 g/mol. The average molecular weight is 383 g/mol. The maximum atomic E-state index is 11.2. The Labute approximate surface area is 161 Å². The molecular weight excluding hydrogens is 362 g/mol. The molecule has 0 aromatic carbocycles. The Balaban J connectivity index is 1.72. The van der Waals surface area contributed by atoms with Gasteiger partial charge in [-0.2, -0.15) is 5.10 Å². The van der Waals surface area contributed by atoms with Gasteiger partial charge in [0, 0.05) is 24.5 Å². The number of imidazole rings is 1. The van der Waals surface area contributed by atoms with Crippen molar-refractivity contribution in [1.29, 1.82) is 0 Å². The summed E-state index contributed by atoms with van der Waals surface area (Å²) in [4.78, 5) is 24.6. The van der Waals surface area contributed by atoms with Crippen LogP contribution < -0.4 is 15.2 Å². The van der Waals surface area contributed by atoms with E-state index in [1.54, 1.807) is 19.2 Å². The molecule has 0 unspecified atom stereocenters. The molecule has 0 saturated heterocycles. The number of aromatic nitrogens is 6. The second-order valence-corrected chi connectivity index (χ2v) is 6.79. The van der Waals surface area contributed by atoms with Crippen molar-refractivity contribution in [2.45, 2.75) is 39.5 Å². The van der Waals surface area contributed by atoms with Gasteiger partial charge in [-0.25, -0.2) is 19.6 Å². The van der Waals surface area contributed by atoms with Crippen molar-refractivity contribution < 1.29 is 14.3 Å². The van der Waals surface area contributed by atoms with E-state index in [1.807, 2.05) is 29.3 Å². The van der Waals surface area contributed by atoms with Crippen molar-refractivity contribution in [3.63, 3.8) is 0 Å². The number of amides is 1. The molecule has 1 atom stereocenters. The van der Waals surface area contributed by atoms with Gasteiger partial charge in [0.2, 0.25) is 5.88 Å². The van der Waals surface area contributed by atoms with Crippen molar-refractivity contribution in [2.24, 2.45) is 5.73 Å². The van der Waals surface area contributed by atoms with Gasteiger partial charge in [0.1, 0.15) is 30.2 Å². The van der Waals surface area contributed by atoms with Crippen LogP contribution in [0, 0.1) is 0 Å². The van der Waals surface area contributed by atoms with Crippen LogP contribution in [0.2, 0.25) is 0 Å². The van der Waals surface area contributed by atoms with Crippen LogP contribution in [0.1, 0.15) is 26.8 Å². The van der Waals surface area contributed by atoms with Crippen molar-refractivity contribution in [1.82, 2.24) is 29.3 Å². The van der Waals surface area contributed by atoms with Gasteiger partial charge in [-0.1, -0.05) is 0 Å². The lowest BCUT2D eigenvalue weighted by atomic mass is 10.2. The number of ether oxygens (including phenoxy) is 2. The number of carbonyl (C=O) groups excluding carboxylic acids is 1. The number of nitrogens with zero attached hydrogens (tertiary/aromatic N) is 6. The fourth-order valence-electron chi connectivity index (χ4n) is 2.98. The summed E-state index contributed by atoms with van der Waals surface area (Å²) in [7, 11) is 0. The van der Waals surface area contributed by atoms with Crippen LogP contribution in [0.4, 0.5) is 0 Å². The highest BCUT2D eigenvalue weighted by Crippen LogP contribution is 2.35. The number of nitrogens with two attached hydrogens (primary N) is 1. The zero-order valence-electron chi connectivity index (χ0n) is 15.9. The molecule has 4 heterocycles. The molecule has 146 valence electrons. The second kappa shape index (κ2) is 6.95. The average Bonchev–Trinajstić information content (AvgIpc) is 3.26. The van der Waals surface area contributed by atoms with E-state index in [9.17, 15) is 4.79 Å². The third-order valence-corrected chi connectivity index (χ3v) is 4.44. The standard InChI is InChI=1S/C18H21N7O3/c1-10(2)25-18(21-9-22-25)13-8-24-4-5-27-14-6-15(28-11(3)16(19)26)20-7-12(14)17(24)23-13/h6-11H,4-5H2,1-3H3,(H2,19,26)/t11-/m0/s1. The summed E-state index contributed by atoms with van der Waals surface area (Å²) < 4.78 is 15.1. The van der Waals surface area contributed by atoms with Gasteiger partial charge < -0.3 is 19.8 Å². The molecule has 0 saturated carbocycles. The highest BCUT2D eigenvalue weighted by molar-refractivity contribution is 5.78. The van der Waals surface area contributed by atoms with E-state index in [2.05, 4.69) is 15.1 Å². The summed E-state index contributed by atoms with van der Waals surface area (Å²) in [6, 6.07) is 1.82. The summed E-state index contributed by atoms with van der Waals surface area (Å²) in [6.45, 7) is 6.74. The molecule has 0 aliphatic carbocycles. The fourth-order valence-corrected chi connectivity index (χ4v) is 2.98. The molecular formula is C18H21N7O3. The van der Waals surface area contributed by atoms with E-state index in [1.165, 1.54) is 6.33 Å². The molecule has 0 fully saturated rings. The van der Waals surface area contributed by atoms with Gasteiger partial charge in [-0.15, -0.1) is 0 Å². The molecule has 3 aromatic rings. The largest absolute Gasteiger partial charge is 0.491 e. The summed E-state index contributed by atoms with van der Waals surface area (Å²) in [5.74, 6) is 1.73. The van der Waals surface area contributed by atoms with Gasteiger partial charge in [-0.05, 0) is 20.8 Å². The number of hydrogen-bond donors (Lipinski definition) is 1. The second-order valence-electron chi connectivity index (χ2n) is 6.79. The summed E-state index contributed by atoms with van der Waals surface area (Å²) in [6.07, 6.45) is 4.31. The molecule has 0 radical (unpaired) electrons. The van der Waals surface area contributed by atoms with Crippen LogP contribution in [0.5, 0.6) is 11.6 Å². The molecule has 0 bridgehead atoms. The van der Waals surface area contributed by atoms with Gasteiger partial charge >= 0.3 is 0 Å². The third kappa shape index (κ3) is 3.17. The summed E-state index contributed by atoms with van der Waals surface area (Å²) >= 11 is 0. The van der Waals surface area contributed by atoms with E-state index in [-0.39, 0.29) is 11.9 Å². The minimum Gasteiger partial charge on any atom is -0.491 e. The lowest BCUT2D eigenvalue weighted by molar-refractivity contribution is -0.124. The summed E-state index contributed by atoms with van der Waals surface area (Å²) in [5.41, 5.74) is 6.71. The van der Waals surface area contributed by atoms with Crippen LogP contribution in [0.25, 0.3) is 22.9 Å². The normalized spacial score (nSPS) is 14.0. The van der Waals surface area contributed by atoms with Crippen molar-refractivity contribution in [3.8, 4) is 34.5 Å². The number of carbonyl (C=O) groups is 1. The van der Waals surface area contributed by atoms with Gasteiger partial charge in [0.15, 0.2) is 11.9 Å². The Morgan fingerprint density at radius 3 is 2.86 bits per heavy atom. The molecule has 0 spiro atoms. The highest BCUT2D eigenvalue weighted by atomic mass is 16.5. The SMILES string of the molecule is CC(C)n1ncnc1-c1cn2c(n1)-c1cnc(O[C@@H](C)C(N)=O)cc1OCC2. The van der Waals surface area contributed by atoms with E-state index in [0.717, 1.165) is 17.1 Å². The first-order valence-electron chi connectivity index (χ1n) is 9.00. The van der Waals surface area contributed by atoms with E-state index >= 15 is 0 Å². The molecule has 2 N–H and O–H groups in total. The Morgan fingerprint density at radius 2 is 2.11 bits per heavy atom. The summed E-state index contributed by atoms with van der Waals surface area (Å²) in [5, 5.41) is 4.28. The highest BCUT2D eigenvalue weighted by Gasteiger charge is 2.23. The maximum Gasteiger partial charge on any atom is 0.258 e.